The number of carbonyl (C=O) groups excluding carboxylic acids is 1. The minimum Gasteiger partial charge on any atom is -0.481 e. The number of likely N-dealkylation sites (tertiary alicyclic amines) is 1. The summed E-state index contributed by atoms with van der Waals surface area (Å²) in [6, 6.07) is 11.4. The Morgan fingerprint density at radius 2 is 1.89 bits per heavy atom. The summed E-state index contributed by atoms with van der Waals surface area (Å²) in [6.07, 6.45) is 4.85. The second-order valence-corrected chi connectivity index (χ2v) is 10.7. The van der Waals surface area contributed by atoms with Crippen molar-refractivity contribution in [3.05, 3.63) is 53.3 Å². The largest absolute Gasteiger partial charge is 0.481 e. The highest BCUT2D eigenvalue weighted by Gasteiger charge is 2.56. The third kappa shape index (κ3) is 4.10. The number of ether oxygens (including phenoxy) is 1. The fourth-order valence-corrected chi connectivity index (χ4v) is 6.32. The van der Waals surface area contributed by atoms with E-state index in [0.29, 0.717) is 19.6 Å². The Morgan fingerprint density at radius 1 is 1.11 bits per heavy atom. The van der Waals surface area contributed by atoms with Crippen molar-refractivity contribution in [2.24, 2.45) is 11.3 Å². The van der Waals surface area contributed by atoms with Crippen molar-refractivity contribution in [3.8, 4) is 11.1 Å². The number of fused-ring (bicyclic) bond motifs is 1. The maximum absolute atomic E-state index is 15.3. The lowest BCUT2D eigenvalue weighted by Crippen LogP contribution is -2.44. The van der Waals surface area contributed by atoms with Crippen molar-refractivity contribution < 1.29 is 23.8 Å². The number of carboxylic acids is 1. The van der Waals surface area contributed by atoms with Gasteiger partial charge in [0.2, 0.25) is 0 Å². The van der Waals surface area contributed by atoms with Gasteiger partial charge in [-0.1, -0.05) is 24.3 Å². The minimum atomic E-state index is -0.789. The van der Waals surface area contributed by atoms with E-state index in [1.54, 1.807) is 6.07 Å². The number of hydrogen-bond acceptors (Lipinski definition) is 4. The van der Waals surface area contributed by atoms with Gasteiger partial charge in [0.05, 0.1) is 5.92 Å². The molecular formula is C28H31FN2O4. The number of carbonyl (C=O) groups is 2. The molecule has 6 nitrogen and oxygen atoms in total. The van der Waals surface area contributed by atoms with Gasteiger partial charge in [-0.05, 0) is 84.2 Å². The number of piperidine rings is 1. The Morgan fingerprint density at radius 3 is 2.60 bits per heavy atom. The Hall–Kier alpha value is -2.93. The molecule has 3 heterocycles. The van der Waals surface area contributed by atoms with Crippen LogP contribution in [0, 0.1) is 17.2 Å². The Kier molecular flexibility index (Phi) is 5.55. The standard InChI is InChI=1S/C28H31FN2O4/c29-23-13-17(18-3-4-19-12-20(27(33)34)16-30-24(19)14-18)5-6-21(23)22-15-28(22)7-9-31(10-8-28)26(32)25-2-1-11-35-25/h3-6,13-14,20,22,25,30H,1-2,7-12,15-16H2,(H,33,34)/t20?,22-,25+/m0/s1. The quantitative estimate of drug-likeness (QED) is 0.680. The molecule has 35 heavy (non-hydrogen) atoms. The van der Waals surface area contributed by atoms with Crippen LogP contribution in [0.1, 0.15) is 49.1 Å². The third-order valence-corrected chi connectivity index (χ3v) is 8.64. The molecule has 2 aromatic rings. The summed E-state index contributed by atoms with van der Waals surface area (Å²) in [6.45, 7) is 2.55. The van der Waals surface area contributed by atoms with E-state index in [0.717, 1.165) is 73.1 Å². The Balaban J connectivity index is 1.12. The highest BCUT2D eigenvalue weighted by atomic mass is 19.1. The number of nitrogens with zero attached hydrogens (tertiary/aromatic N) is 1. The average Bonchev–Trinajstić information content (AvgIpc) is 3.27. The van der Waals surface area contributed by atoms with E-state index in [1.807, 2.05) is 35.2 Å². The minimum absolute atomic E-state index is 0.117. The number of amides is 1. The highest BCUT2D eigenvalue weighted by Crippen LogP contribution is 2.65. The van der Waals surface area contributed by atoms with Crippen LogP contribution in [0.15, 0.2) is 36.4 Å². The zero-order chi connectivity index (χ0) is 24.2. The van der Waals surface area contributed by atoms with E-state index >= 15 is 4.39 Å². The predicted molar refractivity (Wildman–Crippen MR) is 130 cm³/mol. The molecular weight excluding hydrogens is 447 g/mol. The molecule has 3 aliphatic heterocycles. The summed E-state index contributed by atoms with van der Waals surface area (Å²) in [4.78, 5) is 25.9. The molecule has 0 aromatic heterocycles. The predicted octanol–water partition coefficient (Wildman–Crippen LogP) is 4.44. The Labute approximate surface area is 204 Å². The van der Waals surface area contributed by atoms with E-state index in [-0.39, 0.29) is 29.2 Å². The summed E-state index contributed by atoms with van der Waals surface area (Å²) in [5.41, 5.74) is 4.55. The van der Waals surface area contributed by atoms with Gasteiger partial charge in [0.15, 0.2) is 0 Å². The molecule has 4 aliphatic rings. The molecule has 1 unspecified atom stereocenters. The fraction of sp³-hybridized carbons (Fsp3) is 0.500. The SMILES string of the molecule is O=C(O)C1CNc2cc(-c3ccc([C@@H]4CC45CCN(C(=O)[C@H]4CCCO4)CC5)c(F)c3)ccc2C1. The second-order valence-electron chi connectivity index (χ2n) is 10.7. The van der Waals surface area contributed by atoms with Gasteiger partial charge in [-0.25, -0.2) is 4.39 Å². The number of halogens is 1. The Bertz CT molecular complexity index is 1170. The number of aliphatic carboxylic acids is 1. The van der Waals surface area contributed by atoms with Crippen molar-refractivity contribution in [2.45, 2.75) is 50.5 Å². The van der Waals surface area contributed by atoms with Gasteiger partial charge < -0.3 is 20.1 Å². The number of hydrogen-bond donors (Lipinski definition) is 2. The van der Waals surface area contributed by atoms with Crippen LogP contribution in [-0.2, 0) is 20.7 Å². The monoisotopic (exact) mass is 478 g/mol. The van der Waals surface area contributed by atoms with Gasteiger partial charge in [0.1, 0.15) is 11.9 Å². The summed E-state index contributed by atoms with van der Waals surface area (Å²) >= 11 is 0. The molecule has 2 saturated heterocycles. The highest BCUT2D eigenvalue weighted by molar-refractivity contribution is 5.81. The molecule has 1 amide bonds. The van der Waals surface area contributed by atoms with Crippen LogP contribution in [0.2, 0.25) is 0 Å². The molecule has 3 atom stereocenters. The zero-order valence-electron chi connectivity index (χ0n) is 19.8. The van der Waals surface area contributed by atoms with Crippen molar-refractivity contribution in [3.63, 3.8) is 0 Å². The summed E-state index contributed by atoms with van der Waals surface area (Å²) in [5.74, 6) is -1.03. The summed E-state index contributed by atoms with van der Waals surface area (Å²) < 4.78 is 20.9. The molecule has 184 valence electrons. The molecule has 2 N–H and O–H groups in total. The van der Waals surface area contributed by atoms with Crippen LogP contribution in [-0.4, -0.2) is 54.2 Å². The average molecular weight is 479 g/mol. The van der Waals surface area contributed by atoms with Gasteiger partial charge in [-0.15, -0.1) is 0 Å². The number of rotatable bonds is 4. The number of carboxylic acid groups (broad SMARTS) is 1. The van der Waals surface area contributed by atoms with Gasteiger partial charge >= 0.3 is 5.97 Å². The molecule has 2 aromatic carbocycles. The fourth-order valence-electron chi connectivity index (χ4n) is 6.32. The molecule has 6 rings (SSSR count). The maximum atomic E-state index is 15.3. The molecule has 1 saturated carbocycles. The van der Waals surface area contributed by atoms with E-state index in [1.165, 1.54) is 0 Å². The smallest absolute Gasteiger partial charge is 0.308 e. The van der Waals surface area contributed by atoms with Crippen LogP contribution in [0.5, 0.6) is 0 Å². The molecule has 1 aliphatic carbocycles. The van der Waals surface area contributed by atoms with Crippen molar-refractivity contribution >= 4 is 17.6 Å². The second kappa shape index (κ2) is 8.63. The topological polar surface area (TPSA) is 78.9 Å². The first-order chi connectivity index (χ1) is 16.9. The van der Waals surface area contributed by atoms with E-state index < -0.39 is 11.9 Å². The first-order valence-corrected chi connectivity index (χ1v) is 12.7. The van der Waals surface area contributed by atoms with Crippen LogP contribution in [0.25, 0.3) is 11.1 Å². The number of nitrogens with one attached hydrogen (secondary N) is 1. The van der Waals surface area contributed by atoms with Crippen molar-refractivity contribution in [2.75, 3.05) is 31.6 Å². The summed E-state index contributed by atoms with van der Waals surface area (Å²) in [7, 11) is 0. The van der Waals surface area contributed by atoms with E-state index in [9.17, 15) is 14.7 Å². The van der Waals surface area contributed by atoms with E-state index in [2.05, 4.69) is 5.32 Å². The van der Waals surface area contributed by atoms with E-state index in [4.69, 9.17) is 4.74 Å². The van der Waals surface area contributed by atoms with Crippen LogP contribution < -0.4 is 5.32 Å². The van der Waals surface area contributed by atoms with Crippen molar-refractivity contribution in [1.82, 2.24) is 4.90 Å². The van der Waals surface area contributed by atoms with Gasteiger partial charge in [-0.3, -0.25) is 9.59 Å². The maximum Gasteiger partial charge on any atom is 0.308 e. The van der Waals surface area contributed by atoms with Gasteiger partial charge in [0.25, 0.3) is 5.91 Å². The molecule has 1 spiro atoms. The number of benzene rings is 2. The first kappa shape index (κ1) is 22.5. The van der Waals surface area contributed by atoms with Crippen LogP contribution in [0.4, 0.5) is 10.1 Å². The number of anilines is 1. The lowest BCUT2D eigenvalue weighted by molar-refractivity contribution is -0.142. The molecule has 0 radical (unpaired) electrons. The lowest BCUT2D eigenvalue weighted by Gasteiger charge is -2.34. The summed E-state index contributed by atoms with van der Waals surface area (Å²) in [5, 5.41) is 12.5. The lowest BCUT2D eigenvalue weighted by atomic mass is 9.87. The van der Waals surface area contributed by atoms with Gasteiger partial charge in [-0.2, -0.15) is 0 Å². The molecule has 3 fully saturated rings. The molecule has 7 heteroatoms. The normalized spacial score (nSPS) is 26.8. The van der Waals surface area contributed by atoms with Crippen molar-refractivity contribution in [1.29, 1.82) is 0 Å². The third-order valence-electron chi connectivity index (χ3n) is 8.64. The first-order valence-electron chi connectivity index (χ1n) is 12.7. The van der Waals surface area contributed by atoms with Gasteiger partial charge in [0, 0.05) is 31.9 Å². The zero-order valence-corrected chi connectivity index (χ0v) is 19.8. The molecule has 0 bridgehead atoms. The van der Waals surface area contributed by atoms with Crippen LogP contribution in [0.3, 0.4) is 0 Å². The van der Waals surface area contributed by atoms with Crippen LogP contribution >= 0.6 is 0 Å².